The van der Waals surface area contributed by atoms with Gasteiger partial charge in [0.05, 0.1) is 18.0 Å². The van der Waals surface area contributed by atoms with Crippen LogP contribution in [0.4, 0.5) is 11.5 Å². The molecule has 0 saturated carbocycles. The number of amides is 1. The summed E-state index contributed by atoms with van der Waals surface area (Å²) in [5.74, 6) is -0.381. The number of benzene rings is 2. The molecule has 0 spiro atoms. The van der Waals surface area contributed by atoms with Crippen LogP contribution < -0.4 is 10.6 Å². The van der Waals surface area contributed by atoms with Gasteiger partial charge in [-0.25, -0.2) is 4.98 Å². The van der Waals surface area contributed by atoms with Crippen LogP contribution in [0.3, 0.4) is 0 Å². The van der Waals surface area contributed by atoms with Gasteiger partial charge in [-0.2, -0.15) is 5.26 Å². The molecule has 1 atom stereocenters. The van der Waals surface area contributed by atoms with Crippen LogP contribution in [0.25, 0.3) is 11.1 Å². The fourth-order valence-corrected chi connectivity index (χ4v) is 3.64. The van der Waals surface area contributed by atoms with Crippen LogP contribution in [0.5, 0.6) is 0 Å². The number of rotatable bonds is 9. The van der Waals surface area contributed by atoms with Crippen molar-refractivity contribution >= 4 is 23.4 Å². The molecule has 0 aliphatic rings. The third kappa shape index (κ3) is 6.40. The van der Waals surface area contributed by atoms with E-state index in [9.17, 15) is 9.59 Å². The molecule has 0 bridgehead atoms. The molecule has 0 radical (unpaired) electrons. The van der Waals surface area contributed by atoms with Gasteiger partial charge in [-0.1, -0.05) is 43.7 Å². The van der Waals surface area contributed by atoms with Crippen LogP contribution in [0.2, 0.25) is 0 Å². The molecule has 1 unspecified atom stereocenters. The molecule has 7 heteroatoms. The number of nitrogens with one attached hydrogen (secondary N) is 2. The zero-order valence-electron chi connectivity index (χ0n) is 18.6. The maximum Gasteiger partial charge on any atom is 0.307 e. The minimum absolute atomic E-state index is 0.0207. The third-order valence-corrected chi connectivity index (χ3v) is 5.17. The van der Waals surface area contributed by atoms with Gasteiger partial charge in [0, 0.05) is 18.8 Å². The summed E-state index contributed by atoms with van der Waals surface area (Å²) < 4.78 is 0. The Labute approximate surface area is 193 Å². The highest BCUT2D eigenvalue weighted by molar-refractivity contribution is 5.90. The van der Waals surface area contributed by atoms with Gasteiger partial charge >= 0.3 is 5.97 Å². The van der Waals surface area contributed by atoms with Crippen LogP contribution in [0, 0.1) is 11.3 Å². The molecule has 2 aromatic carbocycles. The second-order valence-corrected chi connectivity index (χ2v) is 7.78. The van der Waals surface area contributed by atoms with E-state index in [1.165, 1.54) is 13.1 Å². The van der Waals surface area contributed by atoms with Gasteiger partial charge in [0.15, 0.2) is 0 Å². The molecular formula is C26H26N4O3. The summed E-state index contributed by atoms with van der Waals surface area (Å²) in [6.07, 6.45) is 3.21. The van der Waals surface area contributed by atoms with Gasteiger partial charge in [0.2, 0.25) is 5.91 Å². The molecule has 33 heavy (non-hydrogen) atoms. The minimum Gasteiger partial charge on any atom is -0.481 e. The van der Waals surface area contributed by atoms with Crippen LogP contribution in [0.1, 0.15) is 49.4 Å². The predicted molar refractivity (Wildman–Crippen MR) is 128 cm³/mol. The Bertz CT molecular complexity index is 1170. The Morgan fingerprint density at radius 2 is 1.82 bits per heavy atom. The molecule has 3 rings (SSSR count). The number of nitriles is 1. The summed E-state index contributed by atoms with van der Waals surface area (Å²) in [6.45, 7) is 3.56. The Hall–Kier alpha value is -4.18. The number of hydrogen-bond donors (Lipinski definition) is 3. The first-order chi connectivity index (χ1) is 15.9. The number of hydrogen-bond acceptors (Lipinski definition) is 5. The van der Waals surface area contributed by atoms with Crippen LogP contribution in [-0.4, -0.2) is 22.0 Å². The van der Waals surface area contributed by atoms with Crippen molar-refractivity contribution in [3.63, 3.8) is 0 Å². The Balaban J connectivity index is 1.98. The number of carbonyl (C=O) groups excluding carboxylic acids is 1. The van der Waals surface area contributed by atoms with Gasteiger partial charge in [0.1, 0.15) is 11.9 Å². The quantitative estimate of drug-likeness (QED) is 0.422. The topological polar surface area (TPSA) is 115 Å². The van der Waals surface area contributed by atoms with Crippen LogP contribution in [-0.2, 0) is 16.0 Å². The van der Waals surface area contributed by atoms with Crippen molar-refractivity contribution in [1.82, 2.24) is 4.98 Å². The number of aliphatic carboxylic acids is 1. The number of pyridine rings is 1. The van der Waals surface area contributed by atoms with Crippen molar-refractivity contribution in [2.24, 2.45) is 0 Å². The smallest absolute Gasteiger partial charge is 0.307 e. The van der Waals surface area contributed by atoms with Crippen molar-refractivity contribution in [2.45, 2.75) is 39.2 Å². The van der Waals surface area contributed by atoms with Gasteiger partial charge < -0.3 is 15.7 Å². The second kappa shape index (κ2) is 10.9. The van der Waals surface area contributed by atoms with E-state index < -0.39 is 5.97 Å². The summed E-state index contributed by atoms with van der Waals surface area (Å²) >= 11 is 0. The van der Waals surface area contributed by atoms with Crippen molar-refractivity contribution in [3.8, 4) is 17.2 Å². The van der Waals surface area contributed by atoms with E-state index in [2.05, 4.69) is 28.6 Å². The summed E-state index contributed by atoms with van der Waals surface area (Å²) in [7, 11) is 0. The molecule has 1 amide bonds. The highest BCUT2D eigenvalue weighted by Gasteiger charge is 2.18. The lowest BCUT2D eigenvalue weighted by Crippen LogP contribution is -2.16. The number of carbonyl (C=O) groups is 2. The normalized spacial score (nSPS) is 11.3. The third-order valence-electron chi connectivity index (χ3n) is 5.17. The predicted octanol–water partition coefficient (Wildman–Crippen LogP) is 5.16. The monoisotopic (exact) mass is 442 g/mol. The van der Waals surface area contributed by atoms with E-state index in [0.29, 0.717) is 17.1 Å². The standard InChI is InChI=1S/C26H26N4O3/c1-3-4-23(30-25-12-7-19(15-27)16-28-25)22-14-21(10-11-24(22)29-17(2)31)20-8-5-18(6-9-20)13-26(32)33/h5-12,14,16,23H,3-4,13H2,1-2H3,(H,28,30)(H,29,31)(H,32,33). The molecular weight excluding hydrogens is 416 g/mol. The van der Waals surface area contributed by atoms with Crippen molar-refractivity contribution in [3.05, 3.63) is 77.5 Å². The largest absolute Gasteiger partial charge is 0.481 e. The molecule has 7 nitrogen and oxygen atoms in total. The summed E-state index contributed by atoms with van der Waals surface area (Å²) in [6, 6.07) is 18.7. The maximum absolute atomic E-state index is 11.8. The summed E-state index contributed by atoms with van der Waals surface area (Å²) in [5.41, 5.74) is 4.76. The lowest BCUT2D eigenvalue weighted by atomic mass is 9.94. The SMILES string of the molecule is CCCC(Nc1ccc(C#N)cn1)c1cc(-c2ccc(CC(=O)O)cc2)ccc1NC(C)=O. The first-order valence-corrected chi connectivity index (χ1v) is 10.7. The lowest BCUT2D eigenvalue weighted by molar-refractivity contribution is -0.136. The Morgan fingerprint density at radius 3 is 2.39 bits per heavy atom. The maximum atomic E-state index is 11.8. The van der Waals surface area contributed by atoms with Gasteiger partial charge in [-0.15, -0.1) is 0 Å². The van der Waals surface area contributed by atoms with Crippen molar-refractivity contribution in [1.29, 1.82) is 5.26 Å². The first kappa shape index (κ1) is 23.5. The fourth-order valence-electron chi connectivity index (χ4n) is 3.64. The molecule has 0 fully saturated rings. The molecule has 0 aliphatic carbocycles. The number of anilines is 2. The fraction of sp³-hybridized carbons (Fsp3) is 0.231. The van der Waals surface area contributed by atoms with E-state index in [4.69, 9.17) is 10.4 Å². The number of carboxylic acids is 1. The molecule has 1 aromatic heterocycles. The van der Waals surface area contributed by atoms with Crippen molar-refractivity contribution < 1.29 is 14.7 Å². The van der Waals surface area contributed by atoms with E-state index in [1.54, 1.807) is 12.1 Å². The number of aromatic nitrogens is 1. The molecule has 1 heterocycles. The average molecular weight is 443 g/mol. The molecule has 3 N–H and O–H groups in total. The van der Waals surface area contributed by atoms with Crippen LogP contribution in [0.15, 0.2) is 60.8 Å². The zero-order valence-corrected chi connectivity index (χ0v) is 18.6. The van der Waals surface area contributed by atoms with E-state index in [0.717, 1.165) is 35.1 Å². The van der Waals surface area contributed by atoms with E-state index in [-0.39, 0.29) is 18.4 Å². The zero-order chi connectivity index (χ0) is 23.8. The molecule has 0 aliphatic heterocycles. The van der Waals surface area contributed by atoms with E-state index >= 15 is 0 Å². The first-order valence-electron chi connectivity index (χ1n) is 10.7. The molecule has 3 aromatic rings. The van der Waals surface area contributed by atoms with Gasteiger partial charge in [0.25, 0.3) is 0 Å². The van der Waals surface area contributed by atoms with Crippen LogP contribution >= 0.6 is 0 Å². The van der Waals surface area contributed by atoms with E-state index in [1.807, 2.05) is 42.5 Å². The summed E-state index contributed by atoms with van der Waals surface area (Å²) in [4.78, 5) is 27.1. The second-order valence-electron chi connectivity index (χ2n) is 7.78. The Kier molecular flexibility index (Phi) is 7.77. The minimum atomic E-state index is -0.866. The molecule has 168 valence electrons. The Morgan fingerprint density at radius 1 is 1.09 bits per heavy atom. The highest BCUT2D eigenvalue weighted by atomic mass is 16.4. The highest BCUT2D eigenvalue weighted by Crippen LogP contribution is 2.33. The molecule has 0 saturated heterocycles. The summed E-state index contributed by atoms with van der Waals surface area (Å²) in [5, 5.41) is 24.4. The lowest BCUT2D eigenvalue weighted by Gasteiger charge is -2.23. The average Bonchev–Trinajstić information content (AvgIpc) is 2.79. The number of nitrogens with zero attached hydrogens (tertiary/aromatic N) is 2. The van der Waals surface area contributed by atoms with Gasteiger partial charge in [-0.3, -0.25) is 9.59 Å². The van der Waals surface area contributed by atoms with Crippen molar-refractivity contribution in [2.75, 3.05) is 10.6 Å². The van der Waals surface area contributed by atoms with Gasteiger partial charge in [-0.05, 0) is 52.9 Å². The number of carboxylic acid groups (broad SMARTS) is 1.